The molecule has 0 aromatic heterocycles. The molecule has 0 bridgehead atoms. The summed E-state index contributed by atoms with van der Waals surface area (Å²) in [7, 11) is 4.75. The predicted octanol–water partition coefficient (Wildman–Crippen LogP) is -0.480. The molecule has 1 aliphatic rings. The van der Waals surface area contributed by atoms with E-state index in [-0.39, 0.29) is 47.0 Å². The number of aliphatic hydroxyl groups excluding tert-OH is 1. The lowest BCUT2D eigenvalue weighted by molar-refractivity contribution is -0.140. The summed E-state index contributed by atoms with van der Waals surface area (Å²) in [6, 6.07) is -5.73. The minimum atomic E-state index is -1.39. The van der Waals surface area contributed by atoms with Crippen molar-refractivity contribution in [3.05, 3.63) is 0 Å². The molecule has 1 fully saturated rings. The zero-order chi connectivity index (χ0) is 33.6. The highest BCUT2D eigenvalue weighted by atomic mass is 33.1. The Morgan fingerprint density at radius 2 is 1.45 bits per heavy atom. The number of amides is 3. The van der Waals surface area contributed by atoms with Crippen LogP contribution in [0.1, 0.15) is 47.5 Å². The van der Waals surface area contributed by atoms with Crippen molar-refractivity contribution in [2.24, 2.45) is 11.7 Å². The highest BCUT2D eigenvalue weighted by Gasteiger charge is 2.33. The number of hydrogen-bond donors (Lipinski definition) is 7. The number of Topliss-reactive ketones (excluding diaryl/α,β-unsaturated/α-hetero) is 3. The van der Waals surface area contributed by atoms with Gasteiger partial charge in [0.1, 0.15) is 11.8 Å². The van der Waals surface area contributed by atoms with Gasteiger partial charge in [-0.25, -0.2) is 0 Å². The number of carbonyl (C=O) groups excluding carboxylic acids is 6. The van der Waals surface area contributed by atoms with E-state index < -0.39 is 78.1 Å². The molecule has 0 spiro atoms. The van der Waals surface area contributed by atoms with E-state index in [1.807, 2.05) is 13.8 Å². The maximum Gasteiger partial charge on any atom is 0.305 e. The Morgan fingerprint density at radius 3 is 2.00 bits per heavy atom. The van der Waals surface area contributed by atoms with Gasteiger partial charge in [0.15, 0.2) is 11.6 Å². The highest BCUT2D eigenvalue weighted by molar-refractivity contribution is 8.77. The number of rotatable bonds is 7. The largest absolute Gasteiger partial charge is 0.481 e. The van der Waals surface area contributed by atoms with Gasteiger partial charge in [-0.3, -0.25) is 33.6 Å². The summed E-state index contributed by atoms with van der Waals surface area (Å²) in [5, 5.41) is 30.3. The molecular formula is C26H43N5O9S4. The number of ketones is 3. The van der Waals surface area contributed by atoms with Crippen molar-refractivity contribution in [1.82, 2.24) is 21.3 Å². The van der Waals surface area contributed by atoms with Crippen LogP contribution in [0.4, 0.5) is 0 Å². The average Bonchev–Trinajstić information content (AvgIpc) is 2.91. The van der Waals surface area contributed by atoms with Crippen LogP contribution in [0.2, 0.25) is 0 Å². The van der Waals surface area contributed by atoms with E-state index in [0.717, 1.165) is 0 Å². The van der Waals surface area contributed by atoms with E-state index in [9.17, 15) is 43.8 Å². The van der Waals surface area contributed by atoms with Gasteiger partial charge in [0, 0.05) is 41.4 Å². The first kappa shape index (κ1) is 40.2. The van der Waals surface area contributed by atoms with E-state index in [1.54, 1.807) is 0 Å². The molecule has 250 valence electrons. The lowest BCUT2D eigenvalue weighted by Crippen LogP contribution is -2.59. The Morgan fingerprint density at radius 1 is 0.864 bits per heavy atom. The Balaban J connectivity index is 3.28. The van der Waals surface area contributed by atoms with Crippen molar-refractivity contribution < 1.29 is 43.8 Å². The molecule has 0 aromatic carbocycles. The van der Waals surface area contributed by atoms with Gasteiger partial charge in [-0.2, -0.15) is 0 Å². The summed E-state index contributed by atoms with van der Waals surface area (Å²) < 4.78 is 0. The summed E-state index contributed by atoms with van der Waals surface area (Å²) in [5.41, 5.74) is 6.00. The summed E-state index contributed by atoms with van der Waals surface area (Å²) in [6.07, 6.45) is -2.28. The first-order valence-corrected chi connectivity index (χ1v) is 18.9. The van der Waals surface area contributed by atoms with Gasteiger partial charge in [0.2, 0.25) is 17.7 Å². The fourth-order valence-corrected chi connectivity index (χ4v) is 8.69. The third-order valence-corrected chi connectivity index (χ3v) is 11.3. The number of carbonyl (C=O) groups is 7. The minimum absolute atomic E-state index is 0.0651. The molecule has 1 heterocycles. The fourth-order valence-electron chi connectivity index (χ4n) is 3.75. The van der Waals surface area contributed by atoms with Crippen molar-refractivity contribution in [2.45, 2.75) is 89.8 Å². The maximum absolute atomic E-state index is 13.2. The van der Waals surface area contributed by atoms with Crippen LogP contribution in [0.15, 0.2) is 0 Å². The Bertz CT molecular complexity index is 1050. The van der Waals surface area contributed by atoms with Gasteiger partial charge in [-0.15, -0.1) is 0 Å². The smallest absolute Gasteiger partial charge is 0.305 e. The van der Waals surface area contributed by atoms with Crippen LogP contribution in [0.25, 0.3) is 0 Å². The summed E-state index contributed by atoms with van der Waals surface area (Å²) in [6.45, 7) is 7.58. The van der Waals surface area contributed by atoms with Crippen LogP contribution >= 0.6 is 43.2 Å². The standard InChI is InChI=1S/C26H43N5O9S4/c1-12(2)28-20-11-44-42-9-17(27)24(38)29-18(7-22(36)37)21(35)6-16(13(3)32)8-41-43-10-19(14(4)33)30-26(40)23(15(5)34)31-25(20)39/h12,15-20,23,28,34H,6-11,27H2,1-5H3,(H,29,38)(H,30,40)(H,31,39)(H,36,37)/t15-,16+,17+,18+,19+,20+,23+/m1/s1. The second-order valence-electron chi connectivity index (χ2n) is 10.7. The van der Waals surface area contributed by atoms with Gasteiger partial charge < -0.3 is 37.2 Å². The molecule has 0 aromatic rings. The maximum atomic E-state index is 13.2. The molecular weight excluding hydrogens is 655 g/mol. The van der Waals surface area contributed by atoms with Gasteiger partial charge in [-0.05, 0) is 20.8 Å². The molecule has 1 saturated heterocycles. The lowest BCUT2D eigenvalue weighted by atomic mass is 9.95. The normalized spacial score (nSPS) is 28.5. The first-order chi connectivity index (χ1) is 20.5. The van der Waals surface area contributed by atoms with Crippen LogP contribution in [0, 0.1) is 5.92 Å². The van der Waals surface area contributed by atoms with Crippen molar-refractivity contribution >= 4 is 84.2 Å². The van der Waals surface area contributed by atoms with Crippen LogP contribution in [0.3, 0.4) is 0 Å². The van der Waals surface area contributed by atoms with Crippen molar-refractivity contribution in [2.75, 3.05) is 23.0 Å². The topological polar surface area (TPSA) is 234 Å². The number of nitrogens with two attached hydrogens (primary N) is 1. The number of carboxylic acid groups (broad SMARTS) is 1. The van der Waals surface area contributed by atoms with Crippen LogP contribution in [-0.4, -0.2) is 117 Å². The zero-order valence-electron chi connectivity index (χ0n) is 25.3. The lowest BCUT2D eigenvalue weighted by Gasteiger charge is -2.27. The molecule has 44 heavy (non-hydrogen) atoms. The number of aliphatic carboxylic acids is 1. The number of hydrogen-bond acceptors (Lipinski definition) is 14. The molecule has 1 rings (SSSR count). The van der Waals surface area contributed by atoms with Gasteiger partial charge >= 0.3 is 5.97 Å². The first-order valence-electron chi connectivity index (χ1n) is 13.9. The van der Waals surface area contributed by atoms with Gasteiger partial charge in [-0.1, -0.05) is 57.0 Å². The van der Waals surface area contributed by atoms with E-state index in [0.29, 0.717) is 0 Å². The molecule has 3 amide bonds. The van der Waals surface area contributed by atoms with Crippen LogP contribution in [0.5, 0.6) is 0 Å². The van der Waals surface area contributed by atoms with E-state index >= 15 is 0 Å². The number of nitrogens with one attached hydrogen (secondary N) is 4. The van der Waals surface area contributed by atoms with Crippen LogP contribution < -0.4 is 27.0 Å². The van der Waals surface area contributed by atoms with E-state index in [2.05, 4.69) is 21.3 Å². The molecule has 0 aliphatic carbocycles. The average molecular weight is 698 g/mol. The molecule has 0 radical (unpaired) electrons. The second-order valence-corrected chi connectivity index (χ2v) is 15.8. The third-order valence-electron chi connectivity index (χ3n) is 6.32. The minimum Gasteiger partial charge on any atom is -0.481 e. The summed E-state index contributed by atoms with van der Waals surface area (Å²) >= 11 is 0. The highest BCUT2D eigenvalue weighted by Crippen LogP contribution is 2.27. The summed E-state index contributed by atoms with van der Waals surface area (Å²) in [4.78, 5) is 88.1. The quantitative estimate of drug-likeness (QED) is 0.167. The van der Waals surface area contributed by atoms with Gasteiger partial charge in [0.25, 0.3) is 0 Å². The Labute approximate surface area is 272 Å². The van der Waals surface area contributed by atoms with Crippen LogP contribution in [-0.2, 0) is 33.6 Å². The van der Waals surface area contributed by atoms with E-state index in [4.69, 9.17) is 5.73 Å². The van der Waals surface area contributed by atoms with Crippen molar-refractivity contribution in [3.8, 4) is 0 Å². The number of carboxylic acids is 1. The van der Waals surface area contributed by atoms with Gasteiger partial charge in [0.05, 0.1) is 36.7 Å². The predicted molar refractivity (Wildman–Crippen MR) is 174 cm³/mol. The van der Waals surface area contributed by atoms with Crippen molar-refractivity contribution in [1.29, 1.82) is 0 Å². The molecule has 8 N–H and O–H groups in total. The molecule has 0 saturated carbocycles. The van der Waals surface area contributed by atoms with E-state index in [1.165, 1.54) is 63.9 Å². The molecule has 0 unspecified atom stereocenters. The molecule has 18 heteroatoms. The number of aliphatic hydroxyl groups is 1. The third kappa shape index (κ3) is 15.0. The monoisotopic (exact) mass is 697 g/mol. The molecule has 7 atom stereocenters. The second kappa shape index (κ2) is 20.3. The molecule has 14 nitrogen and oxygen atoms in total. The Hall–Kier alpha value is -1.83. The SMILES string of the molecule is CC(=O)[C@@H]1CSSC[C@@H](C(C)=O)NC(=O)[C@H]([C@@H](C)O)NC(=O)[C@@H](NC(C)C)CSSC[C@H](N)C(=O)N[C@@H](CC(=O)O)C(=O)C1. The van der Waals surface area contributed by atoms with Crippen molar-refractivity contribution in [3.63, 3.8) is 0 Å². The zero-order valence-corrected chi connectivity index (χ0v) is 28.6. The fraction of sp³-hybridized carbons (Fsp3) is 0.731. The summed E-state index contributed by atoms with van der Waals surface area (Å²) in [5.74, 6) is -4.99. The Kier molecular flexibility index (Phi) is 18.6. The molecule has 1 aliphatic heterocycles.